The fraction of sp³-hybridized carbons (Fsp3) is 0.974. The van der Waals surface area contributed by atoms with Crippen molar-refractivity contribution in [1.29, 1.82) is 0 Å². The van der Waals surface area contributed by atoms with Crippen LogP contribution in [-0.4, -0.2) is 36.6 Å². The molecule has 0 radical (unpaired) electrons. The van der Waals surface area contributed by atoms with Gasteiger partial charge < -0.3 is 9.64 Å². The maximum absolute atomic E-state index is 12.3. The van der Waals surface area contributed by atoms with Gasteiger partial charge in [-0.3, -0.25) is 4.79 Å². The SMILES string of the molecule is CCCCCCCCCCCCCCCCCC(=O)OC1CCN(CCCCCCCCCCCCCCC)CC1. The van der Waals surface area contributed by atoms with E-state index < -0.39 is 0 Å². The maximum Gasteiger partial charge on any atom is 0.306 e. The molecule has 0 saturated carbocycles. The number of ether oxygens (including phenoxy) is 1. The molecule has 0 aliphatic carbocycles. The molecule has 1 saturated heterocycles. The molecular weight excluding hydrogens is 502 g/mol. The van der Waals surface area contributed by atoms with E-state index in [-0.39, 0.29) is 12.1 Å². The zero-order valence-corrected chi connectivity index (χ0v) is 28.4. The van der Waals surface area contributed by atoms with Gasteiger partial charge in [0.25, 0.3) is 0 Å². The van der Waals surface area contributed by atoms with Gasteiger partial charge in [-0.25, -0.2) is 0 Å². The van der Waals surface area contributed by atoms with Crippen LogP contribution in [0.4, 0.5) is 0 Å². The number of likely N-dealkylation sites (tertiary alicyclic amines) is 1. The van der Waals surface area contributed by atoms with Gasteiger partial charge in [-0.05, 0) is 32.2 Å². The topological polar surface area (TPSA) is 29.5 Å². The highest BCUT2D eigenvalue weighted by Crippen LogP contribution is 2.18. The number of hydrogen-bond donors (Lipinski definition) is 0. The summed E-state index contributed by atoms with van der Waals surface area (Å²) in [6.07, 6.45) is 41.7. The summed E-state index contributed by atoms with van der Waals surface area (Å²) in [5, 5.41) is 0. The Balaban J connectivity index is 1.80. The molecule has 1 aliphatic heterocycles. The lowest BCUT2D eigenvalue weighted by Crippen LogP contribution is -2.38. The third kappa shape index (κ3) is 26.8. The normalized spacial score (nSPS) is 14.6. The van der Waals surface area contributed by atoms with Crippen molar-refractivity contribution < 1.29 is 9.53 Å². The third-order valence-corrected chi connectivity index (χ3v) is 9.40. The van der Waals surface area contributed by atoms with Crippen molar-refractivity contribution >= 4 is 5.97 Å². The first-order chi connectivity index (χ1) is 20.3. The predicted octanol–water partition coefficient (Wildman–Crippen LogP) is 12.3. The molecule has 3 heteroatoms. The van der Waals surface area contributed by atoms with Crippen LogP contribution in [-0.2, 0) is 9.53 Å². The highest BCUT2D eigenvalue weighted by molar-refractivity contribution is 5.69. The highest BCUT2D eigenvalue weighted by atomic mass is 16.5. The van der Waals surface area contributed by atoms with Crippen LogP contribution >= 0.6 is 0 Å². The summed E-state index contributed by atoms with van der Waals surface area (Å²) in [5.74, 6) is 0.0506. The van der Waals surface area contributed by atoms with E-state index in [0.29, 0.717) is 6.42 Å². The second kappa shape index (κ2) is 30.9. The van der Waals surface area contributed by atoms with E-state index in [4.69, 9.17) is 4.74 Å². The monoisotopic (exact) mass is 578 g/mol. The van der Waals surface area contributed by atoms with Crippen LogP contribution in [0.15, 0.2) is 0 Å². The van der Waals surface area contributed by atoms with Crippen LogP contribution in [0.3, 0.4) is 0 Å². The molecule has 41 heavy (non-hydrogen) atoms. The number of unbranched alkanes of at least 4 members (excludes halogenated alkanes) is 26. The Hall–Kier alpha value is -0.570. The van der Waals surface area contributed by atoms with Crippen molar-refractivity contribution in [3.8, 4) is 0 Å². The van der Waals surface area contributed by atoms with Crippen molar-refractivity contribution in [2.75, 3.05) is 19.6 Å². The van der Waals surface area contributed by atoms with Gasteiger partial charge in [0.05, 0.1) is 0 Å². The smallest absolute Gasteiger partial charge is 0.306 e. The van der Waals surface area contributed by atoms with Gasteiger partial charge in [-0.1, -0.05) is 181 Å². The summed E-state index contributed by atoms with van der Waals surface area (Å²) in [6.45, 7) is 8.03. The van der Waals surface area contributed by atoms with E-state index in [9.17, 15) is 4.79 Å². The fourth-order valence-electron chi connectivity index (χ4n) is 6.49. The molecule has 1 aliphatic rings. The van der Waals surface area contributed by atoms with Gasteiger partial charge in [-0.15, -0.1) is 0 Å². The molecule has 0 N–H and O–H groups in total. The Kier molecular flexibility index (Phi) is 29.0. The van der Waals surface area contributed by atoms with Crippen LogP contribution in [0.5, 0.6) is 0 Å². The van der Waals surface area contributed by atoms with Crippen LogP contribution in [0, 0.1) is 0 Å². The lowest BCUT2D eigenvalue weighted by molar-refractivity contribution is -0.151. The van der Waals surface area contributed by atoms with Crippen LogP contribution in [0.1, 0.15) is 213 Å². The molecule has 244 valence electrons. The minimum absolute atomic E-state index is 0.0506. The van der Waals surface area contributed by atoms with Crippen molar-refractivity contribution in [2.45, 2.75) is 219 Å². The molecule has 0 atom stereocenters. The quantitative estimate of drug-likeness (QED) is 0.0606. The first kappa shape index (κ1) is 38.5. The Bertz CT molecular complexity index is 528. The Labute approximate surface area is 258 Å². The van der Waals surface area contributed by atoms with Crippen LogP contribution in [0.2, 0.25) is 0 Å². The summed E-state index contributed by atoms with van der Waals surface area (Å²) < 4.78 is 5.82. The molecule has 0 spiro atoms. The predicted molar refractivity (Wildman–Crippen MR) is 181 cm³/mol. The van der Waals surface area contributed by atoms with Crippen LogP contribution in [0.25, 0.3) is 0 Å². The van der Waals surface area contributed by atoms with E-state index >= 15 is 0 Å². The van der Waals surface area contributed by atoms with E-state index in [0.717, 1.165) is 32.4 Å². The van der Waals surface area contributed by atoms with Crippen molar-refractivity contribution in [3.63, 3.8) is 0 Å². The number of hydrogen-bond acceptors (Lipinski definition) is 3. The van der Waals surface area contributed by atoms with Crippen molar-refractivity contribution in [3.05, 3.63) is 0 Å². The molecule has 0 aromatic rings. The minimum Gasteiger partial charge on any atom is -0.462 e. The molecule has 1 heterocycles. The lowest BCUT2D eigenvalue weighted by atomic mass is 10.0. The standard InChI is InChI=1S/C38H75NO2/c1-3-5-7-9-11-13-15-17-18-19-21-23-25-27-29-31-38(40)41-37-32-35-39(36-33-37)34-30-28-26-24-22-20-16-14-12-10-8-6-4-2/h37H,3-36H2,1-2H3. The first-order valence-corrected chi connectivity index (χ1v) is 19.2. The summed E-state index contributed by atoms with van der Waals surface area (Å²) >= 11 is 0. The number of nitrogens with zero attached hydrogens (tertiary/aromatic N) is 1. The molecule has 3 nitrogen and oxygen atoms in total. The number of carbonyl (C=O) groups is 1. The van der Waals surface area contributed by atoms with Crippen molar-refractivity contribution in [2.24, 2.45) is 0 Å². The summed E-state index contributed by atoms with van der Waals surface area (Å²) in [4.78, 5) is 14.9. The summed E-state index contributed by atoms with van der Waals surface area (Å²) in [7, 11) is 0. The van der Waals surface area contributed by atoms with Gasteiger partial charge in [0.2, 0.25) is 0 Å². The van der Waals surface area contributed by atoms with Crippen LogP contribution < -0.4 is 0 Å². The number of piperidine rings is 1. The first-order valence-electron chi connectivity index (χ1n) is 19.2. The molecule has 0 aromatic carbocycles. The number of esters is 1. The van der Waals surface area contributed by atoms with E-state index in [1.54, 1.807) is 0 Å². The number of rotatable bonds is 31. The highest BCUT2D eigenvalue weighted by Gasteiger charge is 2.21. The summed E-state index contributed by atoms with van der Waals surface area (Å²) in [6, 6.07) is 0. The van der Waals surface area contributed by atoms with Gasteiger partial charge in [-0.2, -0.15) is 0 Å². The Morgan fingerprint density at radius 2 is 0.805 bits per heavy atom. The van der Waals surface area contributed by atoms with E-state index in [1.807, 2.05) is 0 Å². The Morgan fingerprint density at radius 1 is 0.488 bits per heavy atom. The van der Waals surface area contributed by atoms with E-state index in [2.05, 4.69) is 18.7 Å². The average molecular weight is 578 g/mol. The number of carbonyl (C=O) groups excluding carboxylic acids is 1. The largest absolute Gasteiger partial charge is 0.462 e. The Morgan fingerprint density at radius 3 is 1.17 bits per heavy atom. The van der Waals surface area contributed by atoms with Gasteiger partial charge in [0.15, 0.2) is 0 Å². The molecule has 0 aromatic heterocycles. The van der Waals surface area contributed by atoms with Gasteiger partial charge in [0, 0.05) is 19.5 Å². The summed E-state index contributed by atoms with van der Waals surface area (Å²) in [5.41, 5.74) is 0. The second-order valence-corrected chi connectivity index (χ2v) is 13.5. The fourth-order valence-corrected chi connectivity index (χ4v) is 6.49. The molecule has 0 amide bonds. The maximum atomic E-state index is 12.3. The molecule has 1 fully saturated rings. The zero-order valence-electron chi connectivity index (χ0n) is 28.4. The molecule has 1 rings (SSSR count). The molecule has 0 bridgehead atoms. The average Bonchev–Trinajstić information content (AvgIpc) is 2.98. The van der Waals surface area contributed by atoms with Gasteiger partial charge in [0.1, 0.15) is 6.10 Å². The van der Waals surface area contributed by atoms with E-state index in [1.165, 1.54) is 180 Å². The third-order valence-electron chi connectivity index (χ3n) is 9.40. The second-order valence-electron chi connectivity index (χ2n) is 13.5. The van der Waals surface area contributed by atoms with Crippen molar-refractivity contribution in [1.82, 2.24) is 4.90 Å². The molecule has 0 unspecified atom stereocenters. The minimum atomic E-state index is 0.0506. The zero-order chi connectivity index (χ0) is 29.5. The molecular formula is C38H75NO2. The van der Waals surface area contributed by atoms with Gasteiger partial charge >= 0.3 is 5.97 Å². The lowest BCUT2D eigenvalue weighted by Gasteiger charge is -2.31.